The number of rotatable bonds is 6. The Morgan fingerprint density at radius 1 is 1.06 bits per heavy atom. The highest BCUT2D eigenvalue weighted by atomic mass is 35.5. The number of fused-ring (bicyclic) bond motifs is 1. The first-order chi connectivity index (χ1) is 14.6. The van der Waals surface area contributed by atoms with Crippen LogP contribution >= 0.6 is 12.4 Å². The average molecular weight is 441 g/mol. The Bertz CT molecular complexity index is 1000. The molecule has 0 radical (unpaired) electrons. The van der Waals surface area contributed by atoms with Crippen molar-refractivity contribution in [2.24, 2.45) is 0 Å². The second-order valence-corrected chi connectivity index (χ2v) is 7.86. The average Bonchev–Trinajstić information content (AvgIpc) is 2.79. The smallest absolute Gasteiger partial charge is 0.254 e. The van der Waals surface area contributed by atoms with Crippen LogP contribution in [0.1, 0.15) is 24.2 Å². The van der Waals surface area contributed by atoms with Crippen molar-refractivity contribution in [2.45, 2.75) is 20.0 Å². The fourth-order valence-electron chi connectivity index (χ4n) is 3.79. The zero-order valence-corrected chi connectivity index (χ0v) is 18.8. The lowest BCUT2D eigenvalue weighted by atomic mass is 10.0. The first-order valence-electron chi connectivity index (χ1n) is 10.6. The lowest BCUT2D eigenvalue weighted by molar-refractivity contribution is 0.0407. The zero-order valence-electron chi connectivity index (χ0n) is 18.0. The van der Waals surface area contributed by atoms with Crippen LogP contribution in [0.3, 0.4) is 0 Å². The van der Waals surface area contributed by atoms with Crippen molar-refractivity contribution >= 4 is 29.2 Å². The summed E-state index contributed by atoms with van der Waals surface area (Å²) in [5.41, 5.74) is 3.30. The van der Waals surface area contributed by atoms with Gasteiger partial charge in [0.1, 0.15) is 0 Å². The molecule has 0 N–H and O–H groups in total. The van der Waals surface area contributed by atoms with Gasteiger partial charge in [-0.15, -0.1) is 12.4 Å². The molecule has 3 heterocycles. The number of halogens is 1. The largest absolute Gasteiger partial charge is 0.377 e. The summed E-state index contributed by atoms with van der Waals surface area (Å²) in [6, 6.07) is 13.6. The molecule has 1 amide bonds. The highest BCUT2D eigenvalue weighted by Crippen LogP contribution is 2.26. The number of amides is 1. The molecule has 1 aliphatic rings. The summed E-state index contributed by atoms with van der Waals surface area (Å²) in [6.45, 7) is 8.93. The first kappa shape index (κ1) is 23.1. The van der Waals surface area contributed by atoms with Crippen LogP contribution in [0.2, 0.25) is 0 Å². The summed E-state index contributed by atoms with van der Waals surface area (Å²) in [5, 5.41) is 0.896. The molecule has 164 valence electrons. The quantitative estimate of drug-likeness (QED) is 0.581. The summed E-state index contributed by atoms with van der Waals surface area (Å²) in [7, 11) is 0. The lowest BCUT2D eigenvalue weighted by Gasteiger charge is -2.35. The Morgan fingerprint density at radius 2 is 1.77 bits per heavy atom. The topological polar surface area (TPSA) is 58.6 Å². The Labute approximate surface area is 189 Å². The molecule has 2 aromatic heterocycles. The predicted molar refractivity (Wildman–Crippen MR) is 126 cm³/mol. The molecule has 7 heteroatoms. The standard InChI is InChI=1S/C24H28N4O2.ClH/c1-18(2)30-16-15-27-11-13-28(14-12-27)24(29)21-17-23(19-7-9-25-10-8-19)26-22-6-4-3-5-20(21)22;/h3-10,17-18H,11-16H2,1-2H3;1H. The predicted octanol–water partition coefficient (Wildman–Crippen LogP) is 3.90. The van der Waals surface area contributed by atoms with Gasteiger partial charge in [0.25, 0.3) is 5.91 Å². The number of para-hydroxylation sites is 1. The van der Waals surface area contributed by atoms with Gasteiger partial charge in [0.05, 0.1) is 29.5 Å². The number of benzene rings is 1. The van der Waals surface area contributed by atoms with Crippen molar-refractivity contribution in [3.8, 4) is 11.3 Å². The van der Waals surface area contributed by atoms with Crippen molar-refractivity contribution in [2.75, 3.05) is 39.3 Å². The third kappa shape index (κ3) is 5.58. The maximum absolute atomic E-state index is 13.4. The second kappa shape index (κ2) is 10.7. The van der Waals surface area contributed by atoms with Crippen LogP contribution in [0.4, 0.5) is 0 Å². The number of carbonyl (C=O) groups is 1. The zero-order chi connectivity index (χ0) is 20.9. The van der Waals surface area contributed by atoms with Crippen LogP contribution in [-0.4, -0.2) is 71.1 Å². The minimum absolute atomic E-state index is 0. The summed E-state index contributed by atoms with van der Waals surface area (Å²) >= 11 is 0. The van der Waals surface area contributed by atoms with E-state index in [1.807, 2.05) is 47.4 Å². The van der Waals surface area contributed by atoms with Gasteiger partial charge in [-0.25, -0.2) is 4.98 Å². The number of ether oxygens (including phenoxy) is 1. The molecule has 1 fully saturated rings. The molecule has 1 saturated heterocycles. The number of piperazine rings is 1. The van der Waals surface area contributed by atoms with Gasteiger partial charge in [-0.1, -0.05) is 18.2 Å². The molecule has 4 rings (SSSR count). The molecule has 0 atom stereocenters. The summed E-state index contributed by atoms with van der Waals surface area (Å²) < 4.78 is 5.66. The van der Waals surface area contributed by atoms with E-state index < -0.39 is 0 Å². The molecular weight excluding hydrogens is 412 g/mol. The van der Waals surface area contributed by atoms with Crippen LogP contribution in [0.5, 0.6) is 0 Å². The molecule has 1 aromatic carbocycles. The Kier molecular flexibility index (Phi) is 7.96. The molecule has 0 spiro atoms. The first-order valence-corrected chi connectivity index (χ1v) is 10.6. The molecule has 0 aliphatic carbocycles. The fourth-order valence-corrected chi connectivity index (χ4v) is 3.79. The molecule has 0 bridgehead atoms. The van der Waals surface area contributed by atoms with Crippen LogP contribution in [0.15, 0.2) is 54.9 Å². The minimum atomic E-state index is 0. The number of aromatic nitrogens is 2. The Balaban J connectivity index is 0.00000272. The van der Waals surface area contributed by atoms with Crippen molar-refractivity contribution in [3.05, 3.63) is 60.4 Å². The maximum Gasteiger partial charge on any atom is 0.254 e. The van der Waals surface area contributed by atoms with E-state index in [-0.39, 0.29) is 24.4 Å². The van der Waals surface area contributed by atoms with E-state index in [0.29, 0.717) is 5.56 Å². The van der Waals surface area contributed by atoms with E-state index in [0.717, 1.165) is 61.5 Å². The van der Waals surface area contributed by atoms with Crippen molar-refractivity contribution < 1.29 is 9.53 Å². The van der Waals surface area contributed by atoms with Gasteiger partial charge in [-0.05, 0) is 38.1 Å². The molecule has 6 nitrogen and oxygen atoms in total. The minimum Gasteiger partial charge on any atom is -0.377 e. The van der Waals surface area contributed by atoms with Crippen molar-refractivity contribution in [1.82, 2.24) is 19.8 Å². The second-order valence-electron chi connectivity index (χ2n) is 7.86. The van der Waals surface area contributed by atoms with Gasteiger partial charge in [-0.3, -0.25) is 14.7 Å². The van der Waals surface area contributed by atoms with Crippen LogP contribution in [0.25, 0.3) is 22.2 Å². The Hall–Kier alpha value is -2.54. The van der Waals surface area contributed by atoms with E-state index >= 15 is 0 Å². The highest BCUT2D eigenvalue weighted by Gasteiger charge is 2.24. The normalized spacial score (nSPS) is 14.6. The summed E-state index contributed by atoms with van der Waals surface area (Å²) in [5.74, 6) is 0.0713. The monoisotopic (exact) mass is 440 g/mol. The van der Waals surface area contributed by atoms with Crippen LogP contribution in [-0.2, 0) is 4.74 Å². The van der Waals surface area contributed by atoms with Gasteiger partial charge >= 0.3 is 0 Å². The summed E-state index contributed by atoms with van der Waals surface area (Å²) in [4.78, 5) is 26.6. The van der Waals surface area contributed by atoms with Gasteiger partial charge < -0.3 is 9.64 Å². The van der Waals surface area contributed by atoms with Gasteiger partial charge in [-0.2, -0.15) is 0 Å². The number of pyridine rings is 2. The van der Waals surface area contributed by atoms with Gasteiger partial charge in [0.15, 0.2) is 0 Å². The van der Waals surface area contributed by atoms with E-state index in [1.165, 1.54) is 0 Å². The Morgan fingerprint density at radius 3 is 2.48 bits per heavy atom. The number of carbonyl (C=O) groups excluding carboxylic acids is 1. The van der Waals surface area contributed by atoms with Gasteiger partial charge in [0, 0.05) is 56.1 Å². The molecule has 3 aromatic rings. The van der Waals surface area contributed by atoms with Crippen LogP contribution < -0.4 is 0 Å². The fraction of sp³-hybridized carbons (Fsp3) is 0.375. The van der Waals surface area contributed by atoms with E-state index in [9.17, 15) is 4.79 Å². The number of nitrogens with zero attached hydrogens (tertiary/aromatic N) is 4. The summed E-state index contributed by atoms with van der Waals surface area (Å²) in [6.07, 6.45) is 3.74. The van der Waals surface area contributed by atoms with Crippen molar-refractivity contribution in [3.63, 3.8) is 0 Å². The molecule has 31 heavy (non-hydrogen) atoms. The number of hydrogen-bond donors (Lipinski definition) is 0. The lowest BCUT2D eigenvalue weighted by Crippen LogP contribution is -2.49. The van der Waals surface area contributed by atoms with Gasteiger partial charge in [0.2, 0.25) is 0 Å². The third-order valence-corrected chi connectivity index (χ3v) is 5.44. The van der Waals surface area contributed by atoms with Crippen LogP contribution in [0, 0.1) is 0 Å². The third-order valence-electron chi connectivity index (χ3n) is 5.44. The molecular formula is C24H29ClN4O2. The van der Waals surface area contributed by atoms with E-state index in [1.54, 1.807) is 12.4 Å². The number of hydrogen-bond acceptors (Lipinski definition) is 5. The van der Waals surface area contributed by atoms with E-state index in [4.69, 9.17) is 9.72 Å². The molecule has 0 saturated carbocycles. The molecule has 1 aliphatic heterocycles. The highest BCUT2D eigenvalue weighted by molar-refractivity contribution is 6.07. The SMILES string of the molecule is CC(C)OCCN1CCN(C(=O)c2cc(-c3ccncc3)nc3ccccc23)CC1.Cl. The maximum atomic E-state index is 13.4. The van der Waals surface area contributed by atoms with E-state index in [2.05, 4.69) is 23.7 Å². The molecule has 0 unspecified atom stereocenters. The van der Waals surface area contributed by atoms with Crippen molar-refractivity contribution in [1.29, 1.82) is 0 Å².